The fourth-order valence-electron chi connectivity index (χ4n) is 3.68. The molecule has 2 fully saturated rings. The lowest BCUT2D eigenvalue weighted by molar-refractivity contribution is -0.138. The van der Waals surface area contributed by atoms with Crippen LogP contribution in [0.4, 0.5) is 0 Å². The van der Waals surface area contributed by atoms with Crippen molar-refractivity contribution in [3.8, 4) is 5.75 Å². The van der Waals surface area contributed by atoms with E-state index in [-0.39, 0.29) is 17.7 Å². The molecule has 0 aromatic heterocycles. The normalized spacial score (nSPS) is 24.4. The van der Waals surface area contributed by atoms with Gasteiger partial charge in [-0.05, 0) is 43.0 Å². The number of hydrogen-bond donors (Lipinski definition) is 2. The van der Waals surface area contributed by atoms with E-state index in [1.54, 1.807) is 12.1 Å². The molecule has 2 unspecified atom stereocenters. The van der Waals surface area contributed by atoms with E-state index in [1.807, 2.05) is 17.0 Å². The van der Waals surface area contributed by atoms with Gasteiger partial charge in [0.1, 0.15) is 11.8 Å². The second-order valence-corrected chi connectivity index (χ2v) is 6.81. The van der Waals surface area contributed by atoms with Gasteiger partial charge in [-0.25, -0.2) is 0 Å². The molecule has 0 aliphatic carbocycles. The molecule has 23 heavy (non-hydrogen) atoms. The first-order valence-corrected chi connectivity index (χ1v) is 8.67. The molecule has 2 saturated heterocycles. The highest BCUT2D eigenvalue weighted by Gasteiger charge is 2.33. The Balaban J connectivity index is 1.85. The highest BCUT2D eigenvalue weighted by molar-refractivity contribution is 5.83. The van der Waals surface area contributed by atoms with E-state index in [4.69, 9.17) is 0 Å². The topological polar surface area (TPSA) is 55.8 Å². The molecule has 0 radical (unpaired) electrons. The zero-order valence-corrected chi connectivity index (χ0v) is 13.9. The minimum atomic E-state index is -0.226. The van der Waals surface area contributed by atoms with Crippen LogP contribution in [0.2, 0.25) is 0 Å². The van der Waals surface area contributed by atoms with Crippen LogP contribution in [0, 0.1) is 5.92 Å². The highest BCUT2D eigenvalue weighted by atomic mass is 16.3. The lowest BCUT2D eigenvalue weighted by atomic mass is 9.95. The summed E-state index contributed by atoms with van der Waals surface area (Å²) in [5.41, 5.74) is 0.987. The van der Waals surface area contributed by atoms with Crippen LogP contribution in [-0.4, -0.2) is 60.1 Å². The monoisotopic (exact) mass is 317 g/mol. The summed E-state index contributed by atoms with van der Waals surface area (Å²) in [6.45, 7) is 7.47. The molecule has 0 spiro atoms. The molecule has 126 valence electrons. The van der Waals surface area contributed by atoms with Gasteiger partial charge >= 0.3 is 0 Å². The van der Waals surface area contributed by atoms with Crippen LogP contribution >= 0.6 is 0 Å². The molecular formula is C18H27N3O2. The number of aromatic hydroxyl groups is 1. The maximum absolute atomic E-state index is 13.2. The fourth-order valence-corrected chi connectivity index (χ4v) is 3.68. The number of carbonyl (C=O) groups excluding carboxylic acids is 1. The summed E-state index contributed by atoms with van der Waals surface area (Å²) in [5, 5.41) is 12.9. The van der Waals surface area contributed by atoms with Crippen LogP contribution in [0.15, 0.2) is 24.3 Å². The van der Waals surface area contributed by atoms with E-state index >= 15 is 0 Å². The molecule has 1 aromatic rings. The van der Waals surface area contributed by atoms with Gasteiger partial charge in [0.25, 0.3) is 0 Å². The van der Waals surface area contributed by atoms with Crippen molar-refractivity contribution in [3.63, 3.8) is 0 Å². The third kappa shape index (κ3) is 3.85. The minimum absolute atomic E-state index is 0.200. The van der Waals surface area contributed by atoms with Gasteiger partial charge in [0.05, 0.1) is 0 Å². The average molecular weight is 317 g/mol. The number of carbonyl (C=O) groups is 1. The molecule has 2 N–H and O–H groups in total. The van der Waals surface area contributed by atoms with Crippen LogP contribution in [0.5, 0.6) is 5.75 Å². The number of piperidine rings is 1. The van der Waals surface area contributed by atoms with Gasteiger partial charge in [-0.2, -0.15) is 0 Å². The first kappa shape index (κ1) is 16.3. The number of rotatable bonds is 3. The molecule has 5 nitrogen and oxygen atoms in total. The Kier molecular flexibility index (Phi) is 5.18. The average Bonchev–Trinajstić information content (AvgIpc) is 2.58. The van der Waals surface area contributed by atoms with Gasteiger partial charge in [-0.15, -0.1) is 0 Å². The van der Waals surface area contributed by atoms with Gasteiger partial charge in [-0.1, -0.05) is 19.1 Å². The Bertz CT molecular complexity index is 526. The summed E-state index contributed by atoms with van der Waals surface area (Å²) >= 11 is 0. The second kappa shape index (κ2) is 7.32. The molecule has 2 aliphatic rings. The number of likely N-dealkylation sites (tertiary alicyclic amines) is 1. The lowest BCUT2D eigenvalue weighted by Gasteiger charge is -2.40. The van der Waals surface area contributed by atoms with Crippen molar-refractivity contribution < 1.29 is 9.90 Å². The lowest BCUT2D eigenvalue weighted by Crippen LogP contribution is -2.52. The van der Waals surface area contributed by atoms with Crippen LogP contribution in [0.1, 0.15) is 31.4 Å². The molecular weight excluding hydrogens is 290 g/mol. The van der Waals surface area contributed by atoms with Crippen molar-refractivity contribution in [2.24, 2.45) is 5.92 Å². The number of piperazine rings is 1. The minimum Gasteiger partial charge on any atom is -0.508 e. The third-order valence-corrected chi connectivity index (χ3v) is 4.92. The highest BCUT2D eigenvalue weighted by Crippen LogP contribution is 2.29. The number of phenolic OH excluding ortho intramolecular Hbond substituents is 1. The van der Waals surface area contributed by atoms with Crippen molar-refractivity contribution in [2.75, 3.05) is 39.3 Å². The van der Waals surface area contributed by atoms with Gasteiger partial charge in [-0.3, -0.25) is 9.69 Å². The Labute approximate surface area is 138 Å². The molecule has 5 heteroatoms. The molecule has 3 rings (SSSR count). The number of benzene rings is 1. The maximum Gasteiger partial charge on any atom is 0.244 e. The van der Waals surface area contributed by atoms with Crippen molar-refractivity contribution in [1.29, 1.82) is 0 Å². The Morgan fingerprint density at radius 1 is 1.22 bits per heavy atom. The summed E-state index contributed by atoms with van der Waals surface area (Å²) in [6, 6.07) is 6.91. The Morgan fingerprint density at radius 2 is 1.91 bits per heavy atom. The Hall–Kier alpha value is -1.59. The predicted molar refractivity (Wildman–Crippen MR) is 90.3 cm³/mol. The van der Waals surface area contributed by atoms with E-state index in [0.29, 0.717) is 5.92 Å². The largest absolute Gasteiger partial charge is 0.508 e. The summed E-state index contributed by atoms with van der Waals surface area (Å²) in [4.78, 5) is 17.5. The van der Waals surface area contributed by atoms with Gasteiger partial charge in [0.2, 0.25) is 5.91 Å². The van der Waals surface area contributed by atoms with Crippen LogP contribution in [0.25, 0.3) is 0 Å². The molecule has 1 aromatic carbocycles. The number of nitrogens with one attached hydrogen (secondary N) is 1. The Morgan fingerprint density at radius 3 is 2.57 bits per heavy atom. The van der Waals surface area contributed by atoms with E-state index in [9.17, 15) is 9.90 Å². The first-order chi connectivity index (χ1) is 11.1. The number of hydrogen-bond acceptors (Lipinski definition) is 4. The molecule has 2 atom stereocenters. The second-order valence-electron chi connectivity index (χ2n) is 6.81. The molecule has 2 heterocycles. The number of amides is 1. The zero-order chi connectivity index (χ0) is 16.2. The van der Waals surface area contributed by atoms with Gasteiger partial charge in [0.15, 0.2) is 0 Å². The smallest absolute Gasteiger partial charge is 0.244 e. The van der Waals surface area contributed by atoms with Crippen molar-refractivity contribution >= 4 is 5.91 Å². The molecule has 2 aliphatic heterocycles. The maximum atomic E-state index is 13.2. The van der Waals surface area contributed by atoms with Gasteiger partial charge in [0, 0.05) is 32.7 Å². The van der Waals surface area contributed by atoms with Crippen LogP contribution in [0.3, 0.4) is 0 Å². The van der Waals surface area contributed by atoms with Crippen molar-refractivity contribution in [2.45, 2.75) is 25.8 Å². The molecule has 0 saturated carbocycles. The zero-order valence-electron chi connectivity index (χ0n) is 13.9. The van der Waals surface area contributed by atoms with Crippen molar-refractivity contribution in [1.82, 2.24) is 15.1 Å². The number of phenols is 1. The third-order valence-electron chi connectivity index (χ3n) is 4.92. The van der Waals surface area contributed by atoms with E-state index in [1.165, 1.54) is 6.42 Å². The predicted octanol–water partition coefficient (Wildman–Crippen LogP) is 1.60. The van der Waals surface area contributed by atoms with Gasteiger partial charge < -0.3 is 15.3 Å². The summed E-state index contributed by atoms with van der Waals surface area (Å²) in [7, 11) is 0. The SMILES string of the molecule is CC1CCCN(C(C(=O)N2CCNCC2)c2ccc(O)cc2)C1. The quantitative estimate of drug-likeness (QED) is 0.889. The first-order valence-electron chi connectivity index (χ1n) is 8.67. The summed E-state index contributed by atoms with van der Waals surface area (Å²) in [6.07, 6.45) is 2.38. The summed E-state index contributed by atoms with van der Waals surface area (Å²) < 4.78 is 0. The van der Waals surface area contributed by atoms with Crippen LogP contribution < -0.4 is 5.32 Å². The molecule has 0 bridgehead atoms. The molecule has 1 amide bonds. The van der Waals surface area contributed by atoms with Crippen LogP contribution in [-0.2, 0) is 4.79 Å². The van der Waals surface area contributed by atoms with Crippen molar-refractivity contribution in [3.05, 3.63) is 29.8 Å². The van der Waals surface area contributed by atoms with E-state index in [2.05, 4.69) is 17.1 Å². The van der Waals surface area contributed by atoms with E-state index < -0.39 is 0 Å². The summed E-state index contributed by atoms with van der Waals surface area (Å²) in [5.74, 6) is 1.07. The fraction of sp³-hybridized carbons (Fsp3) is 0.611. The van der Waals surface area contributed by atoms with E-state index in [0.717, 1.165) is 51.3 Å². The number of nitrogens with zero attached hydrogens (tertiary/aromatic N) is 2. The standard InChI is InChI=1S/C18H27N3O2/c1-14-3-2-10-21(13-14)17(15-4-6-16(22)7-5-15)18(23)20-11-8-19-9-12-20/h4-7,14,17,19,22H,2-3,8-13H2,1H3.